The van der Waals surface area contributed by atoms with Crippen LogP contribution in [0.2, 0.25) is 10.0 Å². The van der Waals surface area contributed by atoms with Gasteiger partial charge in [0.05, 0.1) is 11.9 Å². The molecule has 10 heteroatoms. The summed E-state index contributed by atoms with van der Waals surface area (Å²) in [6, 6.07) is 11.8. The Kier molecular flexibility index (Phi) is 8.16. The van der Waals surface area contributed by atoms with Crippen molar-refractivity contribution in [2.75, 3.05) is 24.2 Å². The summed E-state index contributed by atoms with van der Waals surface area (Å²) < 4.78 is 27.0. The van der Waals surface area contributed by atoms with E-state index >= 15 is 0 Å². The minimum atomic E-state index is -3.80. The van der Waals surface area contributed by atoms with Gasteiger partial charge in [-0.15, -0.1) is 0 Å². The standard InChI is InChI=1S/C30H37Cl2N3O4S/c1-19(29(37)33-2)34(17-23-4-7-25(31)13-27(23)32)28(36)18-35(40(3,38)39)26-8-5-24(6-9-26)30-14-20-10-21(15-30)12-22(11-20)16-30/h4-9,13,19-22H,10-12,14-18H2,1-3H3,(H,33,37). The van der Waals surface area contributed by atoms with Gasteiger partial charge in [0, 0.05) is 23.6 Å². The maximum atomic E-state index is 13.7. The van der Waals surface area contributed by atoms with E-state index < -0.39 is 28.5 Å². The monoisotopic (exact) mass is 605 g/mol. The van der Waals surface area contributed by atoms with Crippen LogP contribution >= 0.6 is 23.2 Å². The lowest BCUT2D eigenvalue weighted by Gasteiger charge is -2.57. The summed E-state index contributed by atoms with van der Waals surface area (Å²) in [4.78, 5) is 27.6. The molecule has 216 valence electrons. The van der Waals surface area contributed by atoms with E-state index in [1.54, 1.807) is 25.1 Å². The first kappa shape index (κ1) is 29.2. The molecule has 4 bridgehead atoms. The van der Waals surface area contributed by atoms with Gasteiger partial charge in [-0.1, -0.05) is 41.4 Å². The Labute approximate surface area is 247 Å². The molecule has 0 heterocycles. The summed E-state index contributed by atoms with van der Waals surface area (Å²) >= 11 is 12.4. The van der Waals surface area contributed by atoms with E-state index in [0.717, 1.165) is 28.3 Å². The first-order valence-corrected chi connectivity index (χ1v) is 16.5. The van der Waals surface area contributed by atoms with Gasteiger partial charge in [0.1, 0.15) is 12.6 Å². The van der Waals surface area contributed by atoms with Gasteiger partial charge in [0.25, 0.3) is 0 Å². The van der Waals surface area contributed by atoms with Crippen LogP contribution in [0.4, 0.5) is 5.69 Å². The summed E-state index contributed by atoms with van der Waals surface area (Å²) in [5.74, 6) is 1.53. The van der Waals surface area contributed by atoms with Crippen LogP contribution in [0, 0.1) is 17.8 Å². The van der Waals surface area contributed by atoms with Crippen molar-refractivity contribution in [1.29, 1.82) is 0 Å². The molecule has 7 nitrogen and oxygen atoms in total. The number of likely N-dealkylation sites (N-methyl/N-ethyl adjacent to an activating group) is 1. The van der Waals surface area contributed by atoms with E-state index in [4.69, 9.17) is 23.2 Å². The van der Waals surface area contributed by atoms with E-state index in [0.29, 0.717) is 21.3 Å². The maximum absolute atomic E-state index is 13.7. The average Bonchev–Trinajstić information content (AvgIpc) is 2.89. The van der Waals surface area contributed by atoms with Gasteiger partial charge in [-0.2, -0.15) is 0 Å². The van der Waals surface area contributed by atoms with E-state index in [1.807, 2.05) is 12.1 Å². The Hall–Kier alpha value is -2.29. The Morgan fingerprint density at radius 2 is 1.57 bits per heavy atom. The Morgan fingerprint density at radius 3 is 2.08 bits per heavy atom. The number of benzene rings is 2. The van der Waals surface area contributed by atoms with Crippen molar-refractivity contribution >= 4 is 50.7 Å². The zero-order chi connectivity index (χ0) is 28.8. The van der Waals surface area contributed by atoms with Crippen LogP contribution in [0.15, 0.2) is 42.5 Å². The third kappa shape index (κ3) is 5.86. The third-order valence-corrected chi connectivity index (χ3v) is 11.0. The van der Waals surface area contributed by atoms with Gasteiger partial charge in [-0.25, -0.2) is 8.42 Å². The quantitative estimate of drug-likeness (QED) is 0.415. The zero-order valence-corrected chi connectivity index (χ0v) is 25.5. The molecule has 0 aliphatic heterocycles. The Bertz CT molecular complexity index is 1360. The Balaban J connectivity index is 1.40. The van der Waals surface area contributed by atoms with E-state index in [1.165, 1.54) is 56.0 Å². The van der Waals surface area contributed by atoms with Crippen molar-refractivity contribution in [3.05, 3.63) is 63.6 Å². The molecule has 4 aliphatic carbocycles. The minimum Gasteiger partial charge on any atom is -0.357 e. The number of nitrogens with one attached hydrogen (secondary N) is 1. The molecule has 0 radical (unpaired) electrons. The molecule has 2 aromatic carbocycles. The second-order valence-corrected chi connectivity index (χ2v) is 14.8. The molecule has 40 heavy (non-hydrogen) atoms. The molecule has 0 saturated heterocycles. The largest absolute Gasteiger partial charge is 0.357 e. The highest BCUT2D eigenvalue weighted by molar-refractivity contribution is 7.92. The fourth-order valence-corrected chi connectivity index (χ4v) is 9.00. The lowest BCUT2D eigenvalue weighted by molar-refractivity contribution is -0.139. The highest BCUT2D eigenvalue weighted by atomic mass is 35.5. The smallest absolute Gasteiger partial charge is 0.244 e. The normalized spacial score (nSPS) is 25.9. The second-order valence-electron chi connectivity index (χ2n) is 12.1. The number of hydrogen-bond donors (Lipinski definition) is 1. The molecule has 2 amide bonds. The molecule has 4 aliphatic rings. The van der Waals surface area contributed by atoms with E-state index in [9.17, 15) is 18.0 Å². The number of nitrogens with zero attached hydrogens (tertiary/aromatic N) is 2. The number of anilines is 1. The van der Waals surface area contributed by atoms with Crippen molar-refractivity contribution in [2.24, 2.45) is 17.8 Å². The number of carbonyl (C=O) groups excluding carboxylic acids is 2. The highest BCUT2D eigenvalue weighted by Gasteiger charge is 2.51. The summed E-state index contributed by atoms with van der Waals surface area (Å²) in [7, 11) is -2.31. The average molecular weight is 607 g/mol. The van der Waals surface area contributed by atoms with Gasteiger partial charge in [0.2, 0.25) is 21.8 Å². The minimum absolute atomic E-state index is 0.0198. The number of hydrogen-bond acceptors (Lipinski definition) is 4. The highest BCUT2D eigenvalue weighted by Crippen LogP contribution is 2.60. The first-order valence-electron chi connectivity index (χ1n) is 13.9. The van der Waals surface area contributed by atoms with Gasteiger partial charge in [0.15, 0.2) is 0 Å². The molecule has 1 N–H and O–H groups in total. The number of sulfonamides is 1. The van der Waals surface area contributed by atoms with Crippen LogP contribution in [0.25, 0.3) is 0 Å². The van der Waals surface area contributed by atoms with Crippen molar-refractivity contribution in [2.45, 2.75) is 63.5 Å². The lowest BCUT2D eigenvalue weighted by Crippen LogP contribution is -2.50. The van der Waals surface area contributed by atoms with Gasteiger partial charge >= 0.3 is 0 Å². The van der Waals surface area contributed by atoms with Crippen LogP contribution in [0.1, 0.15) is 56.6 Å². The summed E-state index contributed by atoms with van der Waals surface area (Å²) in [6.07, 6.45) is 8.80. The number of amides is 2. The maximum Gasteiger partial charge on any atom is 0.244 e. The van der Waals surface area contributed by atoms with Crippen molar-refractivity contribution in [1.82, 2.24) is 10.2 Å². The molecule has 6 rings (SSSR count). The zero-order valence-electron chi connectivity index (χ0n) is 23.2. The Morgan fingerprint density at radius 1 is 1.00 bits per heavy atom. The fraction of sp³-hybridized carbons (Fsp3) is 0.533. The SMILES string of the molecule is CNC(=O)C(C)N(Cc1ccc(Cl)cc1Cl)C(=O)CN(c1ccc(C23CC4CC(CC(C4)C2)C3)cc1)S(C)(=O)=O. The van der Waals surface area contributed by atoms with Crippen LogP contribution in [0.3, 0.4) is 0 Å². The number of carbonyl (C=O) groups is 2. The van der Waals surface area contributed by atoms with Gasteiger partial charge in [-0.05, 0) is 104 Å². The fourth-order valence-electron chi connectivity index (χ4n) is 7.68. The summed E-state index contributed by atoms with van der Waals surface area (Å²) in [6.45, 7) is 1.18. The molecule has 2 aromatic rings. The molecular weight excluding hydrogens is 569 g/mol. The number of rotatable bonds is 9. The predicted molar refractivity (Wildman–Crippen MR) is 159 cm³/mol. The van der Waals surface area contributed by atoms with Gasteiger partial charge < -0.3 is 10.2 Å². The summed E-state index contributed by atoms with van der Waals surface area (Å²) in [5, 5.41) is 3.37. The molecule has 4 fully saturated rings. The van der Waals surface area contributed by atoms with Crippen molar-refractivity contribution in [3.63, 3.8) is 0 Å². The molecular formula is C30H37Cl2N3O4S. The molecule has 0 aromatic heterocycles. The van der Waals surface area contributed by atoms with Crippen LogP contribution < -0.4 is 9.62 Å². The van der Waals surface area contributed by atoms with E-state index in [-0.39, 0.29) is 17.9 Å². The van der Waals surface area contributed by atoms with Crippen molar-refractivity contribution < 1.29 is 18.0 Å². The van der Waals surface area contributed by atoms with Crippen molar-refractivity contribution in [3.8, 4) is 0 Å². The molecule has 1 atom stereocenters. The van der Waals surface area contributed by atoms with Gasteiger partial charge in [-0.3, -0.25) is 13.9 Å². The molecule has 0 spiro atoms. The topological polar surface area (TPSA) is 86.8 Å². The molecule has 1 unspecified atom stereocenters. The third-order valence-electron chi connectivity index (χ3n) is 9.25. The van der Waals surface area contributed by atoms with Crippen LogP contribution in [-0.4, -0.2) is 51.0 Å². The predicted octanol–water partition coefficient (Wildman–Crippen LogP) is 5.39. The summed E-state index contributed by atoms with van der Waals surface area (Å²) in [5.41, 5.74) is 2.50. The first-order chi connectivity index (χ1) is 18.9. The second kappa shape index (κ2) is 11.2. The lowest BCUT2D eigenvalue weighted by atomic mass is 9.48. The van der Waals surface area contributed by atoms with E-state index in [2.05, 4.69) is 17.4 Å². The van der Waals surface area contributed by atoms with Crippen LogP contribution in [0.5, 0.6) is 0 Å². The molecule has 4 saturated carbocycles. The van der Waals surface area contributed by atoms with Crippen LogP contribution in [-0.2, 0) is 31.6 Å². The number of halogens is 2.